The lowest BCUT2D eigenvalue weighted by atomic mass is 9.89. The van der Waals surface area contributed by atoms with Crippen molar-refractivity contribution in [2.45, 2.75) is 25.3 Å². The van der Waals surface area contributed by atoms with Crippen molar-refractivity contribution >= 4 is 0 Å². The lowest BCUT2D eigenvalue weighted by Gasteiger charge is -2.18. The van der Waals surface area contributed by atoms with E-state index in [2.05, 4.69) is 6.07 Å². The number of rotatable bonds is 1. The highest BCUT2D eigenvalue weighted by Gasteiger charge is 2.25. The molecule has 0 aliphatic heterocycles. The van der Waals surface area contributed by atoms with Crippen LogP contribution < -0.4 is 0 Å². The molecule has 0 fully saturated rings. The Morgan fingerprint density at radius 2 is 2.00 bits per heavy atom. The zero-order valence-corrected chi connectivity index (χ0v) is 7.27. The first-order valence-corrected chi connectivity index (χ1v) is 4.47. The van der Waals surface area contributed by atoms with Crippen LogP contribution in [0.3, 0.4) is 0 Å². The summed E-state index contributed by atoms with van der Waals surface area (Å²) < 4.78 is 0. The summed E-state index contributed by atoms with van der Waals surface area (Å²) in [7, 11) is 0. The monoisotopic (exact) mass is 177 g/mol. The number of fused-ring (bicyclic) bond motifs is 1. The lowest BCUT2D eigenvalue weighted by molar-refractivity contribution is -0.523. The maximum absolute atomic E-state index is 10.6. The van der Waals surface area contributed by atoms with Crippen molar-refractivity contribution in [2.75, 3.05) is 0 Å². The summed E-state index contributed by atoms with van der Waals surface area (Å²) in [6, 6.07) is 7.62. The highest BCUT2D eigenvalue weighted by molar-refractivity contribution is 5.29. The van der Waals surface area contributed by atoms with E-state index in [4.69, 9.17) is 0 Å². The molecule has 0 N–H and O–H groups in total. The van der Waals surface area contributed by atoms with Crippen LogP contribution in [-0.4, -0.2) is 11.0 Å². The highest BCUT2D eigenvalue weighted by Crippen LogP contribution is 2.22. The molecule has 0 spiro atoms. The van der Waals surface area contributed by atoms with Crippen molar-refractivity contribution in [1.82, 2.24) is 0 Å². The minimum atomic E-state index is -0.366. The van der Waals surface area contributed by atoms with Gasteiger partial charge in [0.05, 0.1) is 0 Å². The normalized spacial score (nSPS) is 20.8. The second-order valence-electron chi connectivity index (χ2n) is 3.45. The average molecular weight is 177 g/mol. The molecule has 68 valence electrons. The maximum atomic E-state index is 10.6. The van der Waals surface area contributed by atoms with E-state index < -0.39 is 0 Å². The first kappa shape index (κ1) is 8.23. The summed E-state index contributed by atoms with van der Waals surface area (Å²) in [5, 5.41) is 10.6. The van der Waals surface area contributed by atoms with Crippen LogP contribution in [-0.2, 0) is 12.8 Å². The highest BCUT2D eigenvalue weighted by atomic mass is 16.6. The van der Waals surface area contributed by atoms with Crippen LogP contribution in [0.4, 0.5) is 0 Å². The number of benzene rings is 1. The smallest absolute Gasteiger partial charge is 0.217 e. The van der Waals surface area contributed by atoms with Gasteiger partial charge < -0.3 is 0 Å². The van der Waals surface area contributed by atoms with E-state index in [1.807, 2.05) is 18.2 Å². The van der Waals surface area contributed by atoms with Crippen LogP contribution in [0.2, 0.25) is 0 Å². The van der Waals surface area contributed by atoms with E-state index in [1.54, 1.807) is 0 Å². The molecule has 1 atom stereocenters. The maximum Gasteiger partial charge on any atom is 0.217 e. The van der Waals surface area contributed by atoms with Crippen LogP contribution >= 0.6 is 0 Å². The second-order valence-corrected chi connectivity index (χ2v) is 3.45. The molecule has 13 heavy (non-hydrogen) atoms. The quantitative estimate of drug-likeness (QED) is 0.485. The predicted molar refractivity (Wildman–Crippen MR) is 49.2 cm³/mol. The van der Waals surface area contributed by atoms with Crippen molar-refractivity contribution in [3.05, 3.63) is 45.5 Å². The van der Waals surface area contributed by atoms with Crippen LogP contribution in [0, 0.1) is 10.1 Å². The Morgan fingerprint density at radius 1 is 1.31 bits per heavy atom. The molecule has 0 saturated carbocycles. The van der Waals surface area contributed by atoms with Crippen LogP contribution in [0.5, 0.6) is 0 Å². The Kier molecular flexibility index (Phi) is 2.00. The summed E-state index contributed by atoms with van der Waals surface area (Å²) in [5.41, 5.74) is 2.43. The molecule has 2 rings (SSSR count). The third-order valence-corrected chi connectivity index (χ3v) is 2.62. The first-order chi connectivity index (χ1) is 6.27. The molecule has 3 nitrogen and oxygen atoms in total. The van der Waals surface area contributed by atoms with E-state index >= 15 is 0 Å². The molecule has 1 aromatic carbocycles. The number of nitro groups is 1. The minimum absolute atomic E-state index is 0.157. The molecule has 0 aromatic heterocycles. The number of hydrogen-bond acceptors (Lipinski definition) is 2. The standard InChI is InChI=1S/C10H11NO2/c12-11(13)10-6-5-8-3-1-2-4-9(8)7-10/h1-4,10H,5-7H2/t10-/m1/s1. The van der Waals surface area contributed by atoms with E-state index in [0.717, 1.165) is 12.0 Å². The average Bonchev–Trinajstić information content (AvgIpc) is 2.17. The lowest BCUT2D eigenvalue weighted by Crippen LogP contribution is -2.27. The van der Waals surface area contributed by atoms with Gasteiger partial charge in [-0.2, -0.15) is 0 Å². The summed E-state index contributed by atoms with van der Waals surface area (Å²) in [6.45, 7) is 0. The minimum Gasteiger partial charge on any atom is -0.264 e. The molecular formula is C10H11NO2. The predicted octanol–water partition coefficient (Wildman–Crippen LogP) is 1.82. The van der Waals surface area contributed by atoms with Gasteiger partial charge in [-0.15, -0.1) is 0 Å². The van der Waals surface area contributed by atoms with Gasteiger partial charge in [0.2, 0.25) is 6.04 Å². The van der Waals surface area contributed by atoms with Gasteiger partial charge in [0.15, 0.2) is 0 Å². The topological polar surface area (TPSA) is 43.1 Å². The molecule has 0 amide bonds. The molecule has 1 aliphatic carbocycles. The van der Waals surface area contributed by atoms with Crippen LogP contribution in [0.1, 0.15) is 17.5 Å². The third-order valence-electron chi connectivity index (χ3n) is 2.62. The fourth-order valence-corrected chi connectivity index (χ4v) is 1.86. The number of hydrogen-bond donors (Lipinski definition) is 0. The summed E-state index contributed by atoms with van der Waals surface area (Å²) >= 11 is 0. The van der Waals surface area contributed by atoms with E-state index in [1.165, 1.54) is 5.56 Å². The van der Waals surface area contributed by atoms with Gasteiger partial charge in [-0.25, -0.2) is 0 Å². The van der Waals surface area contributed by atoms with Gasteiger partial charge in [0.25, 0.3) is 0 Å². The molecule has 1 aromatic rings. The van der Waals surface area contributed by atoms with E-state index in [9.17, 15) is 10.1 Å². The van der Waals surface area contributed by atoms with E-state index in [0.29, 0.717) is 12.8 Å². The van der Waals surface area contributed by atoms with E-state index in [-0.39, 0.29) is 11.0 Å². The Labute approximate surface area is 76.5 Å². The molecule has 0 heterocycles. The molecule has 0 bridgehead atoms. The van der Waals surface area contributed by atoms with Crippen molar-refractivity contribution in [3.8, 4) is 0 Å². The van der Waals surface area contributed by atoms with Crippen molar-refractivity contribution in [1.29, 1.82) is 0 Å². The van der Waals surface area contributed by atoms with Gasteiger partial charge in [-0.05, 0) is 17.5 Å². The van der Waals surface area contributed by atoms with Crippen molar-refractivity contribution in [2.24, 2.45) is 0 Å². The summed E-state index contributed by atoms with van der Waals surface area (Å²) in [5.74, 6) is 0. The van der Waals surface area contributed by atoms with Gasteiger partial charge >= 0.3 is 0 Å². The van der Waals surface area contributed by atoms with Gasteiger partial charge in [-0.3, -0.25) is 10.1 Å². The van der Waals surface area contributed by atoms with Crippen LogP contribution in [0.25, 0.3) is 0 Å². The Balaban J connectivity index is 2.24. The second kappa shape index (κ2) is 3.17. The third kappa shape index (κ3) is 1.54. The van der Waals surface area contributed by atoms with Crippen LogP contribution in [0.15, 0.2) is 24.3 Å². The molecule has 0 radical (unpaired) electrons. The first-order valence-electron chi connectivity index (χ1n) is 4.47. The Morgan fingerprint density at radius 3 is 2.69 bits per heavy atom. The van der Waals surface area contributed by atoms with Gasteiger partial charge in [0.1, 0.15) is 0 Å². The Bertz CT molecular complexity index is 335. The van der Waals surface area contributed by atoms with Gasteiger partial charge in [-0.1, -0.05) is 24.3 Å². The molecule has 1 aliphatic rings. The number of nitrogens with zero attached hydrogens (tertiary/aromatic N) is 1. The summed E-state index contributed by atoms with van der Waals surface area (Å²) in [4.78, 5) is 10.4. The molecule has 0 saturated heterocycles. The Hall–Kier alpha value is -1.38. The number of aryl methyl sites for hydroxylation is 1. The van der Waals surface area contributed by atoms with Crippen molar-refractivity contribution in [3.63, 3.8) is 0 Å². The fourth-order valence-electron chi connectivity index (χ4n) is 1.86. The summed E-state index contributed by atoms with van der Waals surface area (Å²) in [6.07, 6.45) is 2.13. The van der Waals surface area contributed by atoms with Crippen molar-refractivity contribution < 1.29 is 4.92 Å². The van der Waals surface area contributed by atoms with Gasteiger partial charge in [0, 0.05) is 17.8 Å². The molecule has 0 unspecified atom stereocenters. The SMILES string of the molecule is O=[N+]([O-])[C@@H]1CCc2ccccc2C1. The largest absolute Gasteiger partial charge is 0.264 e. The molecular weight excluding hydrogens is 166 g/mol. The molecule has 3 heteroatoms. The zero-order valence-electron chi connectivity index (χ0n) is 7.27. The zero-order chi connectivity index (χ0) is 9.26. The fraction of sp³-hybridized carbons (Fsp3) is 0.400.